The molecule has 19 heavy (non-hydrogen) atoms. The van der Waals surface area contributed by atoms with Crippen molar-refractivity contribution in [1.82, 2.24) is 19.8 Å². The molecule has 2 atom stereocenters. The zero-order chi connectivity index (χ0) is 13.8. The van der Waals surface area contributed by atoms with Crippen LogP contribution in [-0.4, -0.2) is 59.5 Å². The Morgan fingerprint density at radius 1 is 1.32 bits per heavy atom. The number of rotatable bonds is 5. The van der Waals surface area contributed by atoms with Gasteiger partial charge in [-0.15, -0.1) is 0 Å². The van der Waals surface area contributed by atoms with Gasteiger partial charge in [-0.2, -0.15) is 0 Å². The van der Waals surface area contributed by atoms with E-state index in [0.717, 1.165) is 37.7 Å². The van der Waals surface area contributed by atoms with Crippen molar-refractivity contribution in [1.29, 1.82) is 0 Å². The third-order valence-electron chi connectivity index (χ3n) is 3.76. The first-order chi connectivity index (χ1) is 9.10. The molecule has 2 heterocycles. The van der Waals surface area contributed by atoms with Crippen molar-refractivity contribution in [3.63, 3.8) is 0 Å². The van der Waals surface area contributed by atoms with Gasteiger partial charge in [-0.05, 0) is 26.9 Å². The number of anilines is 1. The van der Waals surface area contributed by atoms with Crippen LogP contribution < -0.4 is 5.32 Å². The number of likely N-dealkylation sites (N-methyl/N-ethyl adjacent to an activating group) is 1. The lowest BCUT2D eigenvalue weighted by molar-refractivity contribution is 0.249. The van der Waals surface area contributed by atoms with Crippen molar-refractivity contribution in [3.05, 3.63) is 18.1 Å². The predicted octanol–water partition coefficient (Wildman–Crippen LogP) is 1.29. The van der Waals surface area contributed by atoms with Crippen LogP contribution >= 0.6 is 0 Å². The Hall–Kier alpha value is -1.20. The van der Waals surface area contributed by atoms with E-state index in [-0.39, 0.29) is 0 Å². The molecule has 0 radical (unpaired) electrons. The second-order valence-electron chi connectivity index (χ2n) is 5.63. The Balaban J connectivity index is 1.91. The van der Waals surface area contributed by atoms with Crippen LogP contribution in [0.15, 0.2) is 12.4 Å². The topological polar surface area (TPSA) is 44.3 Å². The second-order valence-corrected chi connectivity index (χ2v) is 5.63. The van der Waals surface area contributed by atoms with Crippen molar-refractivity contribution in [3.8, 4) is 0 Å². The monoisotopic (exact) mass is 263 g/mol. The van der Waals surface area contributed by atoms with E-state index >= 15 is 0 Å². The number of likely N-dealkylation sites (tertiary alicyclic amines) is 1. The maximum absolute atomic E-state index is 4.48. The zero-order valence-corrected chi connectivity index (χ0v) is 12.4. The van der Waals surface area contributed by atoms with E-state index in [2.05, 4.69) is 53.0 Å². The van der Waals surface area contributed by atoms with Crippen LogP contribution in [-0.2, 0) is 6.54 Å². The van der Waals surface area contributed by atoms with E-state index in [9.17, 15) is 0 Å². The molecule has 1 aliphatic rings. The molecule has 1 aromatic rings. The summed E-state index contributed by atoms with van der Waals surface area (Å²) in [7, 11) is 4.32. The van der Waals surface area contributed by atoms with E-state index in [1.807, 2.05) is 12.4 Å². The van der Waals surface area contributed by atoms with Crippen LogP contribution in [0.1, 0.15) is 19.5 Å². The number of hydrogen-bond acceptors (Lipinski definition) is 5. The standard InChI is InChI=1S/C14H25N5/c1-5-15-14-7-16-12(6-17-14)9-19-8-11(2)13(10-19)18(3)4/h6-7,11,13H,5,8-10H2,1-4H3,(H,15,17). The summed E-state index contributed by atoms with van der Waals surface area (Å²) >= 11 is 0. The summed E-state index contributed by atoms with van der Waals surface area (Å²) in [6.07, 6.45) is 3.70. The number of hydrogen-bond donors (Lipinski definition) is 1. The Morgan fingerprint density at radius 2 is 2.11 bits per heavy atom. The molecule has 0 amide bonds. The Kier molecular flexibility index (Phi) is 4.71. The molecule has 5 heteroatoms. The summed E-state index contributed by atoms with van der Waals surface area (Å²) in [5.41, 5.74) is 1.05. The minimum atomic E-state index is 0.647. The molecule has 1 saturated heterocycles. The van der Waals surface area contributed by atoms with E-state index in [1.54, 1.807) is 0 Å². The van der Waals surface area contributed by atoms with Gasteiger partial charge in [0.05, 0.1) is 18.1 Å². The van der Waals surface area contributed by atoms with Crippen LogP contribution in [0.2, 0.25) is 0 Å². The third kappa shape index (κ3) is 3.64. The summed E-state index contributed by atoms with van der Waals surface area (Å²) in [6, 6.07) is 0.647. The molecule has 1 N–H and O–H groups in total. The van der Waals surface area contributed by atoms with Gasteiger partial charge < -0.3 is 10.2 Å². The molecule has 0 spiro atoms. The molecule has 5 nitrogen and oxygen atoms in total. The van der Waals surface area contributed by atoms with Gasteiger partial charge in [0.15, 0.2) is 0 Å². The lowest BCUT2D eigenvalue weighted by Gasteiger charge is -2.22. The zero-order valence-electron chi connectivity index (χ0n) is 12.4. The molecule has 0 bridgehead atoms. The molecule has 0 aromatic carbocycles. The van der Waals surface area contributed by atoms with E-state index in [0.29, 0.717) is 12.0 Å². The van der Waals surface area contributed by atoms with Gasteiger partial charge in [-0.1, -0.05) is 6.92 Å². The highest BCUT2D eigenvalue weighted by molar-refractivity contribution is 5.30. The fraction of sp³-hybridized carbons (Fsp3) is 0.714. The largest absolute Gasteiger partial charge is 0.369 e. The van der Waals surface area contributed by atoms with Crippen LogP contribution in [0.4, 0.5) is 5.82 Å². The average molecular weight is 263 g/mol. The fourth-order valence-corrected chi connectivity index (χ4v) is 2.79. The van der Waals surface area contributed by atoms with Gasteiger partial charge in [-0.25, -0.2) is 4.98 Å². The molecular weight excluding hydrogens is 238 g/mol. The highest BCUT2D eigenvalue weighted by Gasteiger charge is 2.30. The van der Waals surface area contributed by atoms with Gasteiger partial charge in [0.2, 0.25) is 0 Å². The fourth-order valence-electron chi connectivity index (χ4n) is 2.79. The van der Waals surface area contributed by atoms with Crippen molar-refractivity contribution in [2.45, 2.75) is 26.4 Å². The van der Waals surface area contributed by atoms with Gasteiger partial charge in [0.1, 0.15) is 5.82 Å². The van der Waals surface area contributed by atoms with Gasteiger partial charge in [-0.3, -0.25) is 9.88 Å². The summed E-state index contributed by atoms with van der Waals surface area (Å²) in [6.45, 7) is 8.41. The first-order valence-electron chi connectivity index (χ1n) is 7.03. The molecular formula is C14H25N5. The number of nitrogens with zero attached hydrogens (tertiary/aromatic N) is 4. The SMILES string of the molecule is CCNc1cnc(CN2CC(C)C(N(C)C)C2)cn1. The van der Waals surface area contributed by atoms with Crippen LogP contribution in [0, 0.1) is 5.92 Å². The molecule has 1 fully saturated rings. The third-order valence-corrected chi connectivity index (χ3v) is 3.76. The minimum absolute atomic E-state index is 0.647. The van der Waals surface area contributed by atoms with Crippen molar-refractivity contribution < 1.29 is 0 Å². The second kappa shape index (κ2) is 6.30. The minimum Gasteiger partial charge on any atom is -0.369 e. The Labute approximate surface area is 116 Å². The first-order valence-corrected chi connectivity index (χ1v) is 7.03. The highest BCUT2D eigenvalue weighted by Crippen LogP contribution is 2.21. The quantitative estimate of drug-likeness (QED) is 0.867. The van der Waals surface area contributed by atoms with Crippen LogP contribution in [0.5, 0.6) is 0 Å². The van der Waals surface area contributed by atoms with Crippen LogP contribution in [0.3, 0.4) is 0 Å². The van der Waals surface area contributed by atoms with Crippen molar-refractivity contribution >= 4 is 5.82 Å². The first kappa shape index (κ1) is 14.2. The Bertz CT molecular complexity index is 389. The maximum atomic E-state index is 4.48. The summed E-state index contributed by atoms with van der Waals surface area (Å²) in [5.74, 6) is 1.57. The molecule has 1 aromatic heterocycles. The molecule has 1 aliphatic heterocycles. The molecule has 2 rings (SSSR count). The number of nitrogens with one attached hydrogen (secondary N) is 1. The van der Waals surface area contributed by atoms with Gasteiger partial charge >= 0.3 is 0 Å². The Morgan fingerprint density at radius 3 is 2.63 bits per heavy atom. The van der Waals surface area contributed by atoms with E-state index < -0.39 is 0 Å². The lowest BCUT2D eigenvalue weighted by atomic mass is 10.1. The van der Waals surface area contributed by atoms with E-state index in [4.69, 9.17) is 0 Å². The number of aromatic nitrogens is 2. The van der Waals surface area contributed by atoms with Crippen molar-refractivity contribution in [2.24, 2.45) is 5.92 Å². The molecule has 0 saturated carbocycles. The average Bonchev–Trinajstić information content (AvgIpc) is 2.73. The molecule has 2 unspecified atom stereocenters. The van der Waals surface area contributed by atoms with Gasteiger partial charge in [0.25, 0.3) is 0 Å². The molecule has 106 valence electrons. The highest BCUT2D eigenvalue weighted by atomic mass is 15.2. The molecule has 0 aliphatic carbocycles. The smallest absolute Gasteiger partial charge is 0.144 e. The van der Waals surface area contributed by atoms with E-state index in [1.165, 1.54) is 0 Å². The summed E-state index contributed by atoms with van der Waals surface area (Å²) in [4.78, 5) is 13.6. The lowest BCUT2D eigenvalue weighted by Crippen LogP contribution is -2.34. The summed E-state index contributed by atoms with van der Waals surface area (Å²) in [5, 5.41) is 3.16. The van der Waals surface area contributed by atoms with Crippen LogP contribution in [0.25, 0.3) is 0 Å². The van der Waals surface area contributed by atoms with Crippen molar-refractivity contribution in [2.75, 3.05) is 39.0 Å². The summed E-state index contributed by atoms with van der Waals surface area (Å²) < 4.78 is 0. The normalized spacial score (nSPS) is 24.1. The maximum Gasteiger partial charge on any atom is 0.144 e. The van der Waals surface area contributed by atoms with Gasteiger partial charge in [0, 0.05) is 32.2 Å². The predicted molar refractivity (Wildman–Crippen MR) is 78.1 cm³/mol.